The Morgan fingerprint density at radius 1 is 1.04 bits per heavy atom. The Morgan fingerprint density at radius 3 is 2.50 bits per heavy atom. The fourth-order valence-corrected chi connectivity index (χ4v) is 3.43. The minimum Gasteiger partial charge on any atom is -0.326 e. The molecule has 1 aliphatic heterocycles. The van der Waals surface area contributed by atoms with E-state index < -0.39 is 0 Å². The maximum absolute atomic E-state index is 13.4. The zero-order valence-electron chi connectivity index (χ0n) is 15.5. The van der Waals surface area contributed by atoms with Crippen LogP contribution >= 0.6 is 0 Å². The number of hydrogen-bond acceptors (Lipinski definition) is 3. The highest BCUT2D eigenvalue weighted by molar-refractivity contribution is 6.04. The van der Waals surface area contributed by atoms with Gasteiger partial charge in [0.2, 0.25) is 5.91 Å². The number of benzene rings is 3. The number of para-hydroxylation sites is 1. The average Bonchev–Trinajstić information content (AvgIpc) is 3.14. The largest absolute Gasteiger partial charge is 0.326 e. The molecule has 0 aromatic heterocycles. The molecular weight excluding hydrogens is 353 g/mol. The van der Waals surface area contributed by atoms with E-state index in [1.54, 1.807) is 0 Å². The Bertz CT molecular complexity index is 1020. The van der Waals surface area contributed by atoms with Crippen LogP contribution < -0.4 is 10.3 Å². The van der Waals surface area contributed by atoms with Crippen molar-refractivity contribution in [3.8, 4) is 0 Å². The molecule has 0 bridgehead atoms. The summed E-state index contributed by atoms with van der Waals surface area (Å²) in [5.74, 6) is -0.363. The van der Waals surface area contributed by atoms with Crippen LogP contribution in [0.5, 0.6) is 0 Å². The molecule has 4 nitrogen and oxygen atoms in total. The fraction of sp³-hybridized carbons (Fsp3) is 0.130. The van der Waals surface area contributed by atoms with Crippen molar-refractivity contribution in [3.05, 3.63) is 95.8 Å². The van der Waals surface area contributed by atoms with Crippen molar-refractivity contribution in [2.45, 2.75) is 19.4 Å². The first-order valence-electron chi connectivity index (χ1n) is 9.15. The number of hydrazone groups is 1. The van der Waals surface area contributed by atoms with E-state index in [0.29, 0.717) is 6.42 Å². The first-order chi connectivity index (χ1) is 13.6. The molecule has 1 unspecified atom stereocenters. The molecule has 140 valence electrons. The van der Waals surface area contributed by atoms with Crippen molar-refractivity contribution in [3.63, 3.8) is 0 Å². The summed E-state index contributed by atoms with van der Waals surface area (Å²) >= 11 is 0. The lowest BCUT2D eigenvalue weighted by molar-refractivity contribution is -0.114. The van der Waals surface area contributed by atoms with Crippen molar-refractivity contribution in [2.24, 2.45) is 5.10 Å². The molecule has 5 heteroatoms. The van der Waals surface area contributed by atoms with Crippen LogP contribution in [-0.2, 0) is 4.79 Å². The van der Waals surface area contributed by atoms with Crippen LogP contribution in [0.25, 0.3) is 0 Å². The molecule has 0 spiro atoms. The minimum absolute atomic E-state index is 0.0255. The van der Waals surface area contributed by atoms with Gasteiger partial charge in [0.1, 0.15) is 5.82 Å². The number of halogens is 1. The van der Waals surface area contributed by atoms with Crippen molar-refractivity contribution in [1.29, 1.82) is 0 Å². The van der Waals surface area contributed by atoms with Gasteiger partial charge in [-0.1, -0.05) is 42.5 Å². The lowest BCUT2D eigenvalue weighted by atomic mass is 9.98. The molecule has 0 aliphatic carbocycles. The molecule has 3 aromatic rings. The molecule has 1 aliphatic rings. The van der Waals surface area contributed by atoms with Crippen LogP contribution in [0, 0.1) is 5.82 Å². The molecule has 3 aromatic carbocycles. The van der Waals surface area contributed by atoms with Gasteiger partial charge in [0.25, 0.3) is 0 Å². The summed E-state index contributed by atoms with van der Waals surface area (Å²) in [6.07, 6.45) is 0.685. The molecule has 0 radical (unpaired) electrons. The molecule has 4 rings (SSSR count). The highest BCUT2D eigenvalue weighted by Gasteiger charge is 2.30. The Kier molecular flexibility index (Phi) is 4.89. The third-order valence-electron chi connectivity index (χ3n) is 4.70. The van der Waals surface area contributed by atoms with E-state index in [0.717, 1.165) is 28.2 Å². The predicted octanol–water partition coefficient (Wildman–Crippen LogP) is 5.14. The van der Waals surface area contributed by atoms with E-state index in [1.807, 2.05) is 71.7 Å². The van der Waals surface area contributed by atoms with Gasteiger partial charge < -0.3 is 5.32 Å². The van der Waals surface area contributed by atoms with E-state index in [9.17, 15) is 9.18 Å². The second kappa shape index (κ2) is 7.64. The van der Waals surface area contributed by atoms with Gasteiger partial charge in [-0.15, -0.1) is 0 Å². The zero-order valence-corrected chi connectivity index (χ0v) is 15.5. The van der Waals surface area contributed by atoms with Gasteiger partial charge in [-0.3, -0.25) is 9.80 Å². The van der Waals surface area contributed by atoms with Crippen molar-refractivity contribution in [2.75, 3.05) is 10.3 Å². The number of nitrogens with zero attached hydrogens (tertiary/aromatic N) is 2. The quantitative estimate of drug-likeness (QED) is 0.688. The van der Waals surface area contributed by atoms with Gasteiger partial charge in [0.05, 0.1) is 17.4 Å². The number of rotatable bonds is 4. The summed E-state index contributed by atoms with van der Waals surface area (Å²) in [5.41, 5.74) is 4.60. The van der Waals surface area contributed by atoms with E-state index in [2.05, 4.69) is 5.32 Å². The van der Waals surface area contributed by atoms with Crippen LogP contribution in [0.15, 0.2) is 84.0 Å². The second-order valence-electron chi connectivity index (χ2n) is 6.76. The van der Waals surface area contributed by atoms with Crippen molar-refractivity contribution in [1.82, 2.24) is 0 Å². The van der Waals surface area contributed by atoms with Gasteiger partial charge in [0.15, 0.2) is 0 Å². The van der Waals surface area contributed by atoms with E-state index in [4.69, 9.17) is 5.10 Å². The smallest absolute Gasteiger partial charge is 0.221 e. The maximum Gasteiger partial charge on any atom is 0.221 e. The fourth-order valence-electron chi connectivity index (χ4n) is 3.43. The number of nitrogens with one attached hydrogen (secondary N) is 1. The Morgan fingerprint density at radius 2 is 1.79 bits per heavy atom. The third kappa shape index (κ3) is 3.78. The predicted molar refractivity (Wildman–Crippen MR) is 110 cm³/mol. The molecule has 0 saturated carbocycles. The van der Waals surface area contributed by atoms with Crippen LogP contribution in [0.2, 0.25) is 0 Å². The molecule has 1 amide bonds. The number of anilines is 2. The summed E-state index contributed by atoms with van der Waals surface area (Å²) in [4.78, 5) is 11.4. The van der Waals surface area contributed by atoms with Crippen LogP contribution in [0.1, 0.15) is 30.5 Å². The summed E-state index contributed by atoms with van der Waals surface area (Å²) in [7, 11) is 0. The first-order valence-corrected chi connectivity index (χ1v) is 9.15. The van der Waals surface area contributed by atoms with E-state index >= 15 is 0 Å². The molecule has 0 saturated heterocycles. The molecule has 0 fully saturated rings. The number of carbonyl (C=O) groups excluding carboxylic acids is 1. The summed E-state index contributed by atoms with van der Waals surface area (Å²) in [5, 5.41) is 9.66. The van der Waals surface area contributed by atoms with Gasteiger partial charge in [-0.05, 0) is 47.5 Å². The van der Waals surface area contributed by atoms with Gasteiger partial charge in [0, 0.05) is 19.0 Å². The zero-order chi connectivity index (χ0) is 19.5. The van der Waals surface area contributed by atoms with Gasteiger partial charge in [-0.25, -0.2) is 4.39 Å². The van der Waals surface area contributed by atoms with Crippen molar-refractivity contribution < 1.29 is 9.18 Å². The molecule has 1 N–H and O–H groups in total. The Balaban J connectivity index is 1.71. The Hall–Kier alpha value is -3.47. The number of carbonyl (C=O) groups is 1. The number of hydrogen-bond donors (Lipinski definition) is 1. The average molecular weight is 373 g/mol. The normalized spacial score (nSPS) is 16.0. The van der Waals surface area contributed by atoms with Crippen LogP contribution in [-0.4, -0.2) is 11.6 Å². The number of amides is 1. The molecule has 1 atom stereocenters. The summed E-state index contributed by atoms with van der Waals surface area (Å²) < 4.78 is 13.4. The monoisotopic (exact) mass is 373 g/mol. The summed E-state index contributed by atoms with van der Waals surface area (Å²) in [6.45, 7) is 1.49. The van der Waals surface area contributed by atoms with E-state index in [-0.39, 0.29) is 17.8 Å². The third-order valence-corrected chi connectivity index (χ3v) is 4.70. The van der Waals surface area contributed by atoms with E-state index in [1.165, 1.54) is 19.1 Å². The SMILES string of the molecule is CC(=O)Nc1cccc(C2=NN(c3ccccc3)C(c3ccc(F)cc3)C2)c1. The topological polar surface area (TPSA) is 44.7 Å². The molecular formula is C23H20FN3O. The highest BCUT2D eigenvalue weighted by Crippen LogP contribution is 2.36. The Labute approximate surface area is 163 Å². The lowest BCUT2D eigenvalue weighted by Gasteiger charge is -2.23. The second-order valence-corrected chi connectivity index (χ2v) is 6.76. The van der Waals surface area contributed by atoms with Crippen LogP contribution in [0.3, 0.4) is 0 Å². The first kappa shape index (κ1) is 17.9. The minimum atomic E-state index is -0.253. The van der Waals surface area contributed by atoms with Crippen molar-refractivity contribution >= 4 is 23.0 Å². The van der Waals surface area contributed by atoms with Crippen LogP contribution in [0.4, 0.5) is 15.8 Å². The van der Waals surface area contributed by atoms with Gasteiger partial charge in [-0.2, -0.15) is 5.10 Å². The highest BCUT2D eigenvalue weighted by atomic mass is 19.1. The maximum atomic E-state index is 13.4. The lowest BCUT2D eigenvalue weighted by Crippen LogP contribution is -2.18. The van der Waals surface area contributed by atoms with Gasteiger partial charge >= 0.3 is 0 Å². The molecule has 1 heterocycles. The standard InChI is InChI=1S/C23H20FN3O/c1-16(28)25-20-7-5-6-18(14-20)22-15-23(17-10-12-19(24)13-11-17)27(26-22)21-8-3-2-4-9-21/h2-14,23H,15H2,1H3,(H,25,28). The molecule has 28 heavy (non-hydrogen) atoms. The summed E-state index contributed by atoms with van der Waals surface area (Å²) in [6, 6.07) is 24.2.